The Labute approximate surface area is 88.2 Å². The maximum atomic E-state index is 9.63. The van der Waals surface area contributed by atoms with Crippen molar-refractivity contribution < 1.29 is 5.11 Å². The molecule has 3 nitrogen and oxygen atoms in total. The van der Waals surface area contributed by atoms with Crippen molar-refractivity contribution in [3.63, 3.8) is 0 Å². The van der Waals surface area contributed by atoms with E-state index in [4.69, 9.17) is 0 Å². The van der Waals surface area contributed by atoms with Crippen molar-refractivity contribution in [1.29, 1.82) is 0 Å². The molecular formula is C10H16N2OS. The molecule has 78 valence electrons. The highest BCUT2D eigenvalue weighted by Crippen LogP contribution is 2.32. The zero-order chi connectivity index (χ0) is 9.97. The summed E-state index contributed by atoms with van der Waals surface area (Å²) in [5.74, 6) is 0.535. The smallest absolute Gasteiger partial charge is 0.182 e. The average molecular weight is 212 g/mol. The molecule has 1 aliphatic carbocycles. The van der Waals surface area contributed by atoms with Crippen molar-refractivity contribution in [1.82, 2.24) is 4.98 Å². The van der Waals surface area contributed by atoms with Gasteiger partial charge in [-0.1, -0.05) is 6.92 Å². The maximum Gasteiger partial charge on any atom is 0.182 e. The van der Waals surface area contributed by atoms with Gasteiger partial charge in [0, 0.05) is 11.9 Å². The van der Waals surface area contributed by atoms with E-state index in [0.717, 1.165) is 17.2 Å². The van der Waals surface area contributed by atoms with Crippen molar-refractivity contribution in [2.75, 3.05) is 11.9 Å². The van der Waals surface area contributed by atoms with Crippen molar-refractivity contribution in [2.45, 2.75) is 32.3 Å². The number of nitrogens with one attached hydrogen (secondary N) is 1. The molecular weight excluding hydrogens is 196 g/mol. The molecule has 2 N–H and O–H groups in total. The third kappa shape index (κ3) is 2.45. The van der Waals surface area contributed by atoms with Crippen LogP contribution in [0.2, 0.25) is 0 Å². The zero-order valence-electron chi connectivity index (χ0n) is 8.36. The first-order valence-electron chi connectivity index (χ1n) is 5.16. The Bertz CT molecular complexity index is 296. The zero-order valence-corrected chi connectivity index (χ0v) is 9.18. The Kier molecular flexibility index (Phi) is 3.03. The first kappa shape index (κ1) is 9.93. The number of aliphatic hydroxyl groups excluding tert-OH is 1. The van der Waals surface area contributed by atoms with E-state index in [1.807, 2.05) is 0 Å². The van der Waals surface area contributed by atoms with E-state index in [2.05, 4.69) is 22.6 Å². The van der Waals surface area contributed by atoms with Gasteiger partial charge in [-0.05, 0) is 25.2 Å². The number of hydrogen-bond acceptors (Lipinski definition) is 4. The van der Waals surface area contributed by atoms with Gasteiger partial charge in [0.1, 0.15) is 0 Å². The fraction of sp³-hybridized carbons (Fsp3) is 0.700. The van der Waals surface area contributed by atoms with Crippen molar-refractivity contribution >= 4 is 16.5 Å². The van der Waals surface area contributed by atoms with Crippen LogP contribution in [0.1, 0.15) is 25.5 Å². The molecule has 0 amide bonds. The summed E-state index contributed by atoms with van der Waals surface area (Å²) >= 11 is 1.61. The van der Waals surface area contributed by atoms with Gasteiger partial charge in [-0.3, -0.25) is 0 Å². The number of anilines is 1. The number of thiazole rings is 1. The maximum absolute atomic E-state index is 9.63. The summed E-state index contributed by atoms with van der Waals surface area (Å²) in [6.07, 6.45) is 3.15. The van der Waals surface area contributed by atoms with Crippen LogP contribution < -0.4 is 5.32 Å². The number of aliphatic hydroxyl groups is 1. The molecule has 1 aromatic rings. The third-order valence-electron chi connectivity index (χ3n) is 2.54. The molecule has 1 atom stereocenters. The van der Waals surface area contributed by atoms with Crippen LogP contribution in [0.5, 0.6) is 0 Å². The van der Waals surface area contributed by atoms with Gasteiger partial charge >= 0.3 is 0 Å². The van der Waals surface area contributed by atoms with Gasteiger partial charge < -0.3 is 10.4 Å². The minimum absolute atomic E-state index is 0.191. The molecule has 1 fully saturated rings. The lowest BCUT2D eigenvalue weighted by molar-refractivity contribution is 0.164. The van der Waals surface area contributed by atoms with E-state index >= 15 is 0 Å². The topological polar surface area (TPSA) is 45.1 Å². The molecule has 0 radical (unpaired) electrons. The second-order valence-electron chi connectivity index (χ2n) is 3.78. The highest BCUT2D eigenvalue weighted by molar-refractivity contribution is 7.13. The molecule has 4 heteroatoms. The predicted octanol–water partition coefficient (Wildman–Crippen LogP) is 1.89. The van der Waals surface area contributed by atoms with Crippen LogP contribution >= 0.6 is 11.3 Å². The fourth-order valence-corrected chi connectivity index (χ4v) is 2.19. The Morgan fingerprint density at radius 3 is 3.07 bits per heavy atom. The first-order valence-corrected chi connectivity index (χ1v) is 6.04. The van der Waals surface area contributed by atoms with Gasteiger partial charge in [0.2, 0.25) is 0 Å². The minimum atomic E-state index is -0.191. The van der Waals surface area contributed by atoms with Crippen molar-refractivity contribution in [3.8, 4) is 0 Å². The van der Waals surface area contributed by atoms with E-state index in [0.29, 0.717) is 12.5 Å². The molecule has 0 aliphatic heterocycles. The van der Waals surface area contributed by atoms with Gasteiger partial charge in [-0.25, -0.2) is 4.98 Å². The summed E-state index contributed by atoms with van der Waals surface area (Å²) in [6.45, 7) is 2.74. The molecule has 1 aliphatic rings. The molecule has 1 aromatic heterocycles. The summed E-state index contributed by atoms with van der Waals surface area (Å²) in [6, 6.07) is 0. The van der Waals surface area contributed by atoms with E-state index in [1.54, 1.807) is 11.3 Å². The quantitative estimate of drug-likeness (QED) is 0.783. The Morgan fingerprint density at radius 1 is 1.71 bits per heavy atom. The summed E-state index contributed by atoms with van der Waals surface area (Å²) in [7, 11) is 0. The number of aryl methyl sites for hydroxylation is 1. The number of aromatic nitrogens is 1. The van der Waals surface area contributed by atoms with Gasteiger partial charge in [0.25, 0.3) is 0 Å². The van der Waals surface area contributed by atoms with E-state index in [1.165, 1.54) is 12.8 Å². The second kappa shape index (κ2) is 4.28. The van der Waals surface area contributed by atoms with Gasteiger partial charge in [-0.2, -0.15) is 0 Å². The minimum Gasteiger partial charge on any atom is -0.391 e. The summed E-state index contributed by atoms with van der Waals surface area (Å²) < 4.78 is 0. The van der Waals surface area contributed by atoms with Crippen LogP contribution in [-0.4, -0.2) is 22.7 Å². The highest BCUT2D eigenvalue weighted by Gasteiger charge is 2.29. The Hall–Kier alpha value is -0.610. The summed E-state index contributed by atoms with van der Waals surface area (Å²) in [5.41, 5.74) is 1.12. The third-order valence-corrected chi connectivity index (χ3v) is 3.39. The number of nitrogens with zero attached hydrogens (tertiary/aromatic N) is 1. The van der Waals surface area contributed by atoms with Gasteiger partial charge in [0.15, 0.2) is 5.13 Å². The molecule has 0 aromatic carbocycles. The number of hydrogen-bond donors (Lipinski definition) is 2. The van der Waals surface area contributed by atoms with Crippen molar-refractivity contribution in [2.24, 2.45) is 5.92 Å². The standard InChI is InChI=1S/C10H16N2OS/c1-2-8-6-14-10(12-8)11-5-9(13)7-3-4-7/h6-7,9,13H,2-5H2,1H3,(H,11,12). The SMILES string of the molecule is CCc1csc(NCC(O)C2CC2)n1. The molecule has 1 heterocycles. The van der Waals surface area contributed by atoms with Crippen LogP contribution in [0, 0.1) is 5.92 Å². The molecule has 0 saturated heterocycles. The fourth-order valence-electron chi connectivity index (χ4n) is 1.39. The molecule has 1 unspecified atom stereocenters. The van der Waals surface area contributed by atoms with Crippen molar-refractivity contribution in [3.05, 3.63) is 11.1 Å². The van der Waals surface area contributed by atoms with Crippen LogP contribution in [0.25, 0.3) is 0 Å². The highest BCUT2D eigenvalue weighted by atomic mass is 32.1. The van der Waals surface area contributed by atoms with Gasteiger partial charge in [0.05, 0.1) is 11.8 Å². The van der Waals surface area contributed by atoms with E-state index in [-0.39, 0.29) is 6.10 Å². The van der Waals surface area contributed by atoms with Crippen LogP contribution in [0.15, 0.2) is 5.38 Å². The summed E-state index contributed by atoms with van der Waals surface area (Å²) in [5, 5.41) is 15.8. The molecule has 14 heavy (non-hydrogen) atoms. The Morgan fingerprint density at radius 2 is 2.50 bits per heavy atom. The normalized spacial score (nSPS) is 18.1. The Balaban J connectivity index is 1.78. The second-order valence-corrected chi connectivity index (χ2v) is 4.64. The number of rotatable bonds is 5. The lowest BCUT2D eigenvalue weighted by atomic mass is 10.2. The molecule has 1 saturated carbocycles. The van der Waals surface area contributed by atoms with Crippen LogP contribution in [-0.2, 0) is 6.42 Å². The lowest BCUT2D eigenvalue weighted by Gasteiger charge is -2.08. The van der Waals surface area contributed by atoms with E-state index < -0.39 is 0 Å². The first-order chi connectivity index (χ1) is 6.79. The molecule has 0 bridgehead atoms. The van der Waals surface area contributed by atoms with Crippen LogP contribution in [0.4, 0.5) is 5.13 Å². The largest absolute Gasteiger partial charge is 0.391 e. The lowest BCUT2D eigenvalue weighted by Crippen LogP contribution is -2.21. The monoisotopic (exact) mass is 212 g/mol. The predicted molar refractivity (Wildman–Crippen MR) is 58.7 cm³/mol. The van der Waals surface area contributed by atoms with Gasteiger partial charge in [-0.15, -0.1) is 11.3 Å². The summed E-state index contributed by atoms with van der Waals surface area (Å²) in [4.78, 5) is 4.38. The van der Waals surface area contributed by atoms with E-state index in [9.17, 15) is 5.11 Å². The van der Waals surface area contributed by atoms with Crippen LogP contribution in [0.3, 0.4) is 0 Å². The average Bonchev–Trinajstić information content (AvgIpc) is 2.94. The molecule has 2 rings (SSSR count). The molecule has 0 spiro atoms.